The first-order valence-corrected chi connectivity index (χ1v) is 9.81. The fraction of sp³-hybridized carbons (Fsp3) is 0.478. The van der Waals surface area contributed by atoms with E-state index in [1.807, 2.05) is 12.1 Å². The maximum Gasteiger partial charge on any atom is 0.231 e. The molecule has 1 saturated carbocycles. The monoisotopic (exact) mass is 400 g/mol. The lowest BCUT2D eigenvalue weighted by Gasteiger charge is -2.50. The zero-order valence-corrected chi connectivity index (χ0v) is 17.8. The first-order valence-electron chi connectivity index (χ1n) is 9.81. The third-order valence-electron chi connectivity index (χ3n) is 6.51. The number of rotatable bonds is 6. The summed E-state index contributed by atoms with van der Waals surface area (Å²) in [6.45, 7) is 4.79. The molecule has 4 rings (SSSR count). The Morgan fingerprint density at radius 2 is 1.31 bits per heavy atom. The van der Waals surface area contributed by atoms with Crippen molar-refractivity contribution in [1.29, 1.82) is 0 Å². The van der Waals surface area contributed by atoms with Gasteiger partial charge in [-0.2, -0.15) is 0 Å². The van der Waals surface area contributed by atoms with Crippen molar-refractivity contribution in [2.45, 2.75) is 25.7 Å². The minimum absolute atomic E-state index is 0.221. The van der Waals surface area contributed by atoms with Gasteiger partial charge in [0, 0.05) is 11.6 Å². The lowest BCUT2D eigenvalue weighted by molar-refractivity contribution is 0.119. The van der Waals surface area contributed by atoms with Crippen LogP contribution >= 0.6 is 0 Å². The molecule has 2 aromatic rings. The van der Waals surface area contributed by atoms with Gasteiger partial charge < -0.3 is 28.4 Å². The minimum Gasteiger partial charge on any atom is -0.496 e. The molecule has 0 bridgehead atoms. The molecule has 0 aromatic heterocycles. The van der Waals surface area contributed by atoms with E-state index in [9.17, 15) is 0 Å². The third kappa shape index (κ3) is 3.02. The topological polar surface area (TPSA) is 55.4 Å². The highest BCUT2D eigenvalue weighted by atomic mass is 16.7. The van der Waals surface area contributed by atoms with Gasteiger partial charge in [-0.25, -0.2) is 0 Å². The molecule has 29 heavy (non-hydrogen) atoms. The molecule has 1 aliphatic heterocycles. The standard InChI is InChI=1S/C23H28O6/c1-12-13(2)22(15-9-17(25-4)18(26-5)10-16(15)24-3)21(12)14-7-19(27-6)23-20(8-14)28-11-29-23/h7-10,12-13,21-22H,11H2,1-6H3/t12-,13+,21+,22-/m1/s1. The summed E-state index contributed by atoms with van der Waals surface area (Å²) in [5.74, 6) is 5.83. The van der Waals surface area contributed by atoms with Gasteiger partial charge in [-0.3, -0.25) is 0 Å². The van der Waals surface area contributed by atoms with Crippen LogP contribution in [0.3, 0.4) is 0 Å². The van der Waals surface area contributed by atoms with Crippen LogP contribution in [0.15, 0.2) is 24.3 Å². The summed E-state index contributed by atoms with van der Waals surface area (Å²) < 4.78 is 33.5. The summed E-state index contributed by atoms with van der Waals surface area (Å²) in [5.41, 5.74) is 2.30. The van der Waals surface area contributed by atoms with Gasteiger partial charge in [0.15, 0.2) is 23.0 Å². The molecule has 0 amide bonds. The van der Waals surface area contributed by atoms with E-state index in [2.05, 4.69) is 26.0 Å². The molecule has 2 aromatic carbocycles. The SMILES string of the molecule is COc1cc(OC)c([C@H]2[C@@H](C)[C@@H](C)[C@H]2c2cc(OC)c3c(c2)OCO3)cc1OC. The summed E-state index contributed by atoms with van der Waals surface area (Å²) >= 11 is 0. The largest absolute Gasteiger partial charge is 0.496 e. The minimum atomic E-state index is 0.221. The van der Waals surface area contributed by atoms with Gasteiger partial charge in [0.25, 0.3) is 0 Å². The van der Waals surface area contributed by atoms with Crippen molar-refractivity contribution in [3.63, 3.8) is 0 Å². The summed E-state index contributed by atoms with van der Waals surface area (Å²) in [7, 11) is 6.63. The van der Waals surface area contributed by atoms with E-state index in [0.717, 1.165) is 17.1 Å². The average molecular weight is 400 g/mol. The summed E-state index contributed by atoms with van der Waals surface area (Å²) in [6, 6.07) is 8.10. The number of hydrogen-bond acceptors (Lipinski definition) is 6. The predicted molar refractivity (Wildman–Crippen MR) is 109 cm³/mol. The van der Waals surface area contributed by atoms with Crippen LogP contribution in [0.4, 0.5) is 0 Å². The van der Waals surface area contributed by atoms with Crippen molar-refractivity contribution in [1.82, 2.24) is 0 Å². The number of benzene rings is 2. The zero-order chi connectivity index (χ0) is 20.7. The highest BCUT2D eigenvalue weighted by Crippen LogP contribution is 2.61. The highest BCUT2D eigenvalue weighted by Gasteiger charge is 2.48. The second kappa shape index (κ2) is 7.58. The Labute approximate surface area is 171 Å². The van der Waals surface area contributed by atoms with Crippen LogP contribution in [0, 0.1) is 11.8 Å². The van der Waals surface area contributed by atoms with Crippen LogP contribution in [0.25, 0.3) is 0 Å². The van der Waals surface area contributed by atoms with Crippen molar-refractivity contribution in [2.75, 3.05) is 35.2 Å². The van der Waals surface area contributed by atoms with E-state index in [0.29, 0.717) is 40.8 Å². The molecule has 0 N–H and O–H groups in total. The van der Waals surface area contributed by atoms with Crippen LogP contribution in [0.1, 0.15) is 36.8 Å². The molecule has 2 aliphatic rings. The first kappa shape index (κ1) is 19.6. The molecule has 0 radical (unpaired) electrons. The lowest BCUT2D eigenvalue weighted by atomic mass is 9.53. The Hall–Kier alpha value is -2.76. The molecular weight excluding hydrogens is 372 g/mol. The molecule has 0 spiro atoms. The van der Waals surface area contributed by atoms with Crippen molar-refractivity contribution >= 4 is 0 Å². The second-order valence-corrected chi connectivity index (χ2v) is 7.68. The van der Waals surface area contributed by atoms with Crippen LogP contribution in [-0.2, 0) is 0 Å². The fourth-order valence-corrected chi connectivity index (χ4v) is 4.81. The number of methoxy groups -OCH3 is 4. The Balaban J connectivity index is 1.79. The maximum absolute atomic E-state index is 5.73. The molecule has 0 saturated heterocycles. The molecule has 4 atom stereocenters. The van der Waals surface area contributed by atoms with Gasteiger partial charge in [0.05, 0.1) is 28.4 Å². The fourth-order valence-electron chi connectivity index (χ4n) is 4.81. The summed E-state index contributed by atoms with van der Waals surface area (Å²) in [4.78, 5) is 0. The smallest absolute Gasteiger partial charge is 0.231 e. The highest BCUT2D eigenvalue weighted by molar-refractivity contribution is 5.58. The number of ether oxygens (including phenoxy) is 6. The average Bonchev–Trinajstić information content (AvgIpc) is 3.23. The molecular formula is C23H28O6. The molecule has 1 aliphatic carbocycles. The van der Waals surface area contributed by atoms with Crippen LogP contribution in [0.5, 0.6) is 34.5 Å². The van der Waals surface area contributed by atoms with E-state index < -0.39 is 0 Å². The quantitative estimate of drug-likeness (QED) is 0.706. The zero-order valence-electron chi connectivity index (χ0n) is 17.8. The molecule has 156 valence electrons. The van der Waals surface area contributed by atoms with E-state index in [4.69, 9.17) is 28.4 Å². The maximum atomic E-state index is 5.73. The van der Waals surface area contributed by atoms with Crippen molar-refractivity contribution in [2.24, 2.45) is 11.8 Å². The van der Waals surface area contributed by atoms with Gasteiger partial charge in [-0.1, -0.05) is 13.8 Å². The van der Waals surface area contributed by atoms with E-state index in [-0.39, 0.29) is 12.7 Å². The van der Waals surface area contributed by atoms with E-state index >= 15 is 0 Å². The number of fused-ring (bicyclic) bond motifs is 1. The molecule has 1 heterocycles. The third-order valence-corrected chi connectivity index (χ3v) is 6.51. The van der Waals surface area contributed by atoms with Crippen LogP contribution in [0.2, 0.25) is 0 Å². The molecule has 6 nitrogen and oxygen atoms in total. The van der Waals surface area contributed by atoms with Gasteiger partial charge >= 0.3 is 0 Å². The Kier molecular flexibility index (Phi) is 5.11. The Morgan fingerprint density at radius 3 is 1.97 bits per heavy atom. The second-order valence-electron chi connectivity index (χ2n) is 7.68. The first-order chi connectivity index (χ1) is 14.0. The normalized spacial score (nSPS) is 24.6. The molecule has 6 heteroatoms. The van der Waals surface area contributed by atoms with Gasteiger partial charge in [0.1, 0.15) is 5.75 Å². The predicted octanol–water partition coefficient (Wildman–Crippen LogP) is 4.60. The lowest BCUT2D eigenvalue weighted by Crippen LogP contribution is -2.40. The van der Waals surface area contributed by atoms with Crippen molar-refractivity contribution in [3.05, 3.63) is 35.4 Å². The molecule has 1 fully saturated rings. The Bertz CT molecular complexity index is 909. The van der Waals surface area contributed by atoms with Gasteiger partial charge in [0.2, 0.25) is 12.5 Å². The number of hydrogen-bond donors (Lipinski definition) is 0. The van der Waals surface area contributed by atoms with Crippen molar-refractivity contribution in [3.8, 4) is 34.5 Å². The van der Waals surface area contributed by atoms with Gasteiger partial charge in [-0.05, 0) is 47.4 Å². The molecule has 0 unspecified atom stereocenters. The van der Waals surface area contributed by atoms with E-state index in [1.165, 1.54) is 5.56 Å². The summed E-state index contributed by atoms with van der Waals surface area (Å²) in [5, 5.41) is 0. The summed E-state index contributed by atoms with van der Waals surface area (Å²) in [6.07, 6.45) is 0. The van der Waals surface area contributed by atoms with Crippen LogP contribution in [-0.4, -0.2) is 35.2 Å². The Morgan fingerprint density at radius 1 is 0.690 bits per heavy atom. The van der Waals surface area contributed by atoms with Gasteiger partial charge in [-0.15, -0.1) is 0 Å². The van der Waals surface area contributed by atoms with Crippen molar-refractivity contribution < 1.29 is 28.4 Å². The van der Waals surface area contributed by atoms with Crippen LogP contribution < -0.4 is 28.4 Å². The van der Waals surface area contributed by atoms with E-state index in [1.54, 1.807) is 28.4 Å².